The van der Waals surface area contributed by atoms with Crippen LogP contribution in [0.1, 0.15) is 10.5 Å². The number of alkyl carbamates (subject to hydrolysis) is 1. The third-order valence-electron chi connectivity index (χ3n) is 1.82. The fourth-order valence-corrected chi connectivity index (χ4v) is 1.20. The minimum Gasteiger partial charge on any atom is -0.442 e. The summed E-state index contributed by atoms with van der Waals surface area (Å²) >= 11 is 0. The molecule has 1 N–H and O–H groups in total. The first-order chi connectivity index (χ1) is 6.78. The van der Waals surface area contributed by atoms with E-state index in [1.54, 1.807) is 0 Å². The smallest absolute Gasteiger partial charge is 0.407 e. The molecule has 7 heteroatoms. The summed E-state index contributed by atoms with van der Waals surface area (Å²) in [5.41, 5.74) is 0.266. The lowest BCUT2D eigenvalue weighted by Crippen LogP contribution is -2.20. The summed E-state index contributed by atoms with van der Waals surface area (Å²) in [7, 11) is 0. The number of rotatable bonds is 3. The fraction of sp³-hybridized carbons (Fsp3) is 0.429. The van der Waals surface area contributed by atoms with Crippen molar-refractivity contribution in [3.63, 3.8) is 0 Å². The van der Waals surface area contributed by atoms with Crippen molar-refractivity contribution >= 4 is 12.4 Å². The van der Waals surface area contributed by atoms with Gasteiger partial charge in [-0.3, -0.25) is 4.79 Å². The number of aldehydes is 1. The van der Waals surface area contributed by atoms with E-state index in [-0.39, 0.29) is 11.8 Å². The van der Waals surface area contributed by atoms with E-state index >= 15 is 0 Å². The average Bonchev–Trinajstić information content (AvgIpc) is 2.76. The number of hydrogen-bond acceptors (Lipinski definition) is 5. The molecule has 1 aliphatic heterocycles. The van der Waals surface area contributed by atoms with E-state index in [1.807, 2.05) is 0 Å². The van der Waals surface area contributed by atoms with Gasteiger partial charge in [0.25, 0.3) is 0 Å². The Labute approximate surface area is 79.0 Å². The molecule has 0 aromatic carbocycles. The molecule has 2 rings (SSSR count). The molecule has 0 spiro atoms. The molecule has 1 fully saturated rings. The Bertz CT molecular complexity index is 362. The molecule has 0 bridgehead atoms. The minimum atomic E-state index is -0.425. The van der Waals surface area contributed by atoms with Crippen LogP contribution in [0.3, 0.4) is 0 Å². The Kier molecular flexibility index (Phi) is 2.13. The molecule has 14 heavy (non-hydrogen) atoms. The van der Waals surface area contributed by atoms with E-state index < -0.39 is 6.09 Å². The Morgan fingerprint density at radius 3 is 3.21 bits per heavy atom. The number of nitrogens with zero attached hydrogens (tertiary/aromatic N) is 3. The number of ether oxygens (including phenoxy) is 1. The first kappa shape index (κ1) is 8.67. The molecule has 1 unspecified atom stereocenters. The Balaban J connectivity index is 1.97. The van der Waals surface area contributed by atoms with Crippen molar-refractivity contribution in [2.24, 2.45) is 0 Å². The van der Waals surface area contributed by atoms with Gasteiger partial charge in [-0.05, 0) is 0 Å². The van der Waals surface area contributed by atoms with E-state index in [9.17, 15) is 9.59 Å². The summed E-state index contributed by atoms with van der Waals surface area (Å²) in [6, 6.07) is 0. The monoisotopic (exact) mass is 196 g/mol. The molecular formula is C7H8N4O3. The predicted molar refractivity (Wildman–Crippen MR) is 43.7 cm³/mol. The number of carbonyl (C=O) groups excluding carboxylic acids is 2. The summed E-state index contributed by atoms with van der Waals surface area (Å²) in [5.74, 6) is 0. The minimum absolute atomic E-state index is 0.247. The summed E-state index contributed by atoms with van der Waals surface area (Å²) in [6.45, 7) is 0.856. The summed E-state index contributed by atoms with van der Waals surface area (Å²) < 4.78 is 6.35. The molecule has 1 saturated heterocycles. The van der Waals surface area contributed by atoms with Gasteiger partial charge in [0.05, 0.1) is 19.3 Å². The van der Waals surface area contributed by atoms with Crippen LogP contribution < -0.4 is 5.32 Å². The first-order valence-corrected chi connectivity index (χ1v) is 4.08. The molecule has 0 aliphatic carbocycles. The lowest BCUT2D eigenvalue weighted by molar-refractivity contribution is 0.111. The van der Waals surface area contributed by atoms with Gasteiger partial charge in [-0.25, -0.2) is 9.48 Å². The molecule has 1 amide bonds. The van der Waals surface area contributed by atoms with Crippen LogP contribution in [0.15, 0.2) is 6.20 Å². The van der Waals surface area contributed by atoms with Crippen LogP contribution in [0.4, 0.5) is 4.79 Å². The third-order valence-corrected chi connectivity index (χ3v) is 1.82. The van der Waals surface area contributed by atoms with Crippen LogP contribution in [0, 0.1) is 0 Å². The van der Waals surface area contributed by atoms with Gasteiger partial charge < -0.3 is 10.1 Å². The fourth-order valence-electron chi connectivity index (χ4n) is 1.20. The molecule has 2 heterocycles. The molecule has 0 radical (unpaired) electrons. The molecule has 1 aliphatic rings. The zero-order valence-electron chi connectivity index (χ0n) is 7.21. The SMILES string of the molecule is O=Cc1cn(CC2CNC(=O)O2)nn1. The number of nitrogens with one attached hydrogen (secondary N) is 1. The molecular weight excluding hydrogens is 188 g/mol. The molecule has 1 aromatic rings. The predicted octanol–water partition coefficient (Wildman–Crippen LogP) is -0.801. The maximum Gasteiger partial charge on any atom is 0.407 e. The zero-order chi connectivity index (χ0) is 9.97. The Morgan fingerprint density at radius 2 is 2.64 bits per heavy atom. The van der Waals surface area contributed by atoms with Crippen LogP contribution in [0.2, 0.25) is 0 Å². The number of carbonyl (C=O) groups is 2. The van der Waals surface area contributed by atoms with Gasteiger partial charge in [-0.2, -0.15) is 0 Å². The number of cyclic esters (lactones) is 1. The van der Waals surface area contributed by atoms with Gasteiger partial charge in [0.2, 0.25) is 0 Å². The van der Waals surface area contributed by atoms with Gasteiger partial charge in [0.15, 0.2) is 6.29 Å². The number of hydrogen-bond donors (Lipinski definition) is 1. The summed E-state index contributed by atoms with van der Waals surface area (Å²) in [4.78, 5) is 21.0. The van der Waals surface area contributed by atoms with Crippen LogP contribution in [-0.4, -0.2) is 40.0 Å². The highest BCUT2D eigenvalue weighted by atomic mass is 16.6. The van der Waals surface area contributed by atoms with Crippen molar-refractivity contribution in [2.75, 3.05) is 6.54 Å². The van der Waals surface area contributed by atoms with Crippen molar-refractivity contribution in [3.05, 3.63) is 11.9 Å². The highest BCUT2D eigenvalue weighted by Gasteiger charge is 2.23. The van der Waals surface area contributed by atoms with Crippen molar-refractivity contribution in [3.8, 4) is 0 Å². The van der Waals surface area contributed by atoms with E-state index in [1.165, 1.54) is 10.9 Å². The Hall–Kier alpha value is -1.92. The van der Waals surface area contributed by atoms with Crippen LogP contribution in [-0.2, 0) is 11.3 Å². The quantitative estimate of drug-likeness (QED) is 0.639. The van der Waals surface area contributed by atoms with Gasteiger partial charge in [0, 0.05) is 0 Å². The lowest BCUT2D eigenvalue weighted by Gasteiger charge is -2.05. The standard InChI is InChI=1S/C7H8N4O3/c12-4-5-2-11(10-9-5)3-6-1-8-7(13)14-6/h2,4,6H,1,3H2,(H,8,13). The molecule has 1 aromatic heterocycles. The van der Waals surface area contributed by atoms with Crippen molar-refractivity contribution in [1.29, 1.82) is 0 Å². The van der Waals surface area contributed by atoms with E-state index in [4.69, 9.17) is 4.74 Å². The van der Waals surface area contributed by atoms with Gasteiger partial charge >= 0.3 is 6.09 Å². The lowest BCUT2D eigenvalue weighted by atomic mass is 10.3. The molecule has 1 atom stereocenters. The van der Waals surface area contributed by atoms with Gasteiger partial charge in [0.1, 0.15) is 11.8 Å². The summed E-state index contributed by atoms with van der Waals surface area (Å²) in [6.07, 6.45) is 1.44. The van der Waals surface area contributed by atoms with Crippen molar-refractivity contribution in [1.82, 2.24) is 20.3 Å². The molecule has 0 saturated carbocycles. The maximum absolute atomic E-state index is 10.7. The topological polar surface area (TPSA) is 86.1 Å². The third kappa shape index (κ3) is 1.70. The largest absolute Gasteiger partial charge is 0.442 e. The number of aromatic nitrogens is 3. The summed E-state index contributed by atoms with van der Waals surface area (Å²) in [5, 5.41) is 9.79. The van der Waals surface area contributed by atoms with Crippen molar-refractivity contribution < 1.29 is 14.3 Å². The molecule has 7 nitrogen and oxygen atoms in total. The maximum atomic E-state index is 10.7. The average molecular weight is 196 g/mol. The second-order valence-corrected chi connectivity index (χ2v) is 2.89. The highest BCUT2D eigenvalue weighted by molar-refractivity contribution is 5.70. The van der Waals surface area contributed by atoms with E-state index in [0.717, 1.165) is 0 Å². The molecule has 74 valence electrons. The number of amides is 1. The van der Waals surface area contributed by atoms with E-state index in [0.29, 0.717) is 19.4 Å². The van der Waals surface area contributed by atoms with Gasteiger partial charge in [-0.1, -0.05) is 5.21 Å². The normalized spacial score (nSPS) is 20.3. The first-order valence-electron chi connectivity index (χ1n) is 4.08. The zero-order valence-corrected chi connectivity index (χ0v) is 7.21. The van der Waals surface area contributed by atoms with Gasteiger partial charge in [-0.15, -0.1) is 5.10 Å². The van der Waals surface area contributed by atoms with Crippen LogP contribution in [0.25, 0.3) is 0 Å². The second-order valence-electron chi connectivity index (χ2n) is 2.89. The Morgan fingerprint density at radius 1 is 1.79 bits per heavy atom. The highest BCUT2D eigenvalue weighted by Crippen LogP contribution is 2.02. The van der Waals surface area contributed by atoms with E-state index in [2.05, 4.69) is 15.6 Å². The van der Waals surface area contributed by atoms with Crippen molar-refractivity contribution in [2.45, 2.75) is 12.6 Å². The second kappa shape index (κ2) is 3.44. The van der Waals surface area contributed by atoms with Crippen LogP contribution >= 0.6 is 0 Å². The van der Waals surface area contributed by atoms with Crippen LogP contribution in [0.5, 0.6) is 0 Å².